The Bertz CT molecular complexity index is 703. The lowest BCUT2D eigenvalue weighted by molar-refractivity contribution is -0.149. The van der Waals surface area contributed by atoms with Crippen molar-refractivity contribution >= 4 is 29.1 Å². The van der Waals surface area contributed by atoms with Crippen LogP contribution in [0.4, 0.5) is 5.69 Å². The molecule has 0 aliphatic carbocycles. The molecule has 0 aromatic heterocycles. The molecule has 2 aromatic rings. The zero-order chi connectivity index (χ0) is 15.7. The predicted molar refractivity (Wildman–Crippen MR) is 84.0 cm³/mol. The minimum absolute atomic E-state index is 0.320. The topological polar surface area (TPSA) is 75.4 Å². The van der Waals surface area contributed by atoms with Crippen molar-refractivity contribution in [2.75, 3.05) is 5.73 Å². The van der Waals surface area contributed by atoms with Gasteiger partial charge in [0, 0.05) is 11.3 Å². The van der Waals surface area contributed by atoms with E-state index >= 15 is 0 Å². The van der Waals surface area contributed by atoms with Gasteiger partial charge in [0.25, 0.3) is 11.8 Å². The Kier molecular flexibility index (Phi) is 3.73. The maximum absolute atomic E-state index is 12.2. The van der Waals surface area contributed by atoms with Gasteiger partial charge in [0.05, 0.1) is 0 Å². The molecule has 1 saturated heterocycles. The zero-order valence-electron chi connectivity index (χ0n) is 11.6. The molecule has 0 saturated carbocycles. The molecular weight excluding hydrogens is 302 g/mol. The van der Waals surface area contributed by atoms with Gasteiger partial charge in [0.2, 0.25) is 0 Å². The fourth-order valence-corrected chi connectivity index (χ4v) is 2.72. The van der Waals surface area contributed by atoms with Gasteiger partial charge in [-0.1, -0.05) is 30.3 Å². The summed E-state index contributed by atoms with van der Waals surface area (Å²) in [6, 6.07) is 15.4. The molecule has 6 heteroatoms. The first-order chi connectivity index (χ1) is 10.6. The number of hydrazine groups is 1. The highest BCUT2D eigenvalue weighted by molar-refractivity contribution is 6.33. The number of anilines is 1. The van der Waals surface area contributed by atoms with E-state index in [0.29, 0.717) is 11.3 Å². The molecule has 112 valence electrons. The third-order valence-electron chi connectivity index (χ3n) is 3.56. The largest absolute Gasteiger partial charge is 0.399 e. The fourth-order valence-electron chi connectivity index (χ4n) is 2.36. The second-order valence-electron chi connectivity index (χ2n) is 5.03. The van der Waals surface area contributed by atoms with Gasteiger partial charge in [-0.15, -0.1) is 11.6 Å². The summed E-state index contributed by atoms with van der Waals surface area (Å²) in [5, 5.41) is 0.597. The highest BCUT2D eigenvalue weighted by Crippen LogP contribution is 2.36. The summed E-state index contributed by atoms with van der Waals surface area (Å²) in [5.41, 5.74) is 10.1. The number of halogens is 1. The number of nitrogens with two attached hydrogens (primary N) is 1. The molecule has 1 heterocycles. The van der Waals surface area contributed by atoms with Crippen LogP contribution in [0.25, 0.3) is 0 Å². The van der Waals surface area contributed by atoms with Gasteiger partial charge < -0.3 is 5.73 Å². The Morgan fingerprint density at radius 1 is 1.09 bits per heavy atom. The van der Waals surface area contributed by atoms with E-state index in [-0.39, 0.29) is 17.9 Å². The van der Waals surface area contributed by atoms with Gasteiger partial charge in [0.15, 0.2) is 0 Å². The molecule has 5 nitrogen and oxygen atoms in total. The number of β-lactam (4-membered cyclic amide) rings is 1. The lowest BCUT2D eigenvalue weighted by atomic mass is 9.95. The smallest absolute Gasteiger partial charge is 0.269 e. The molecule has 0 radical (unpaired) electrons. The van der Waals surface area contributed by atoms with Crippen molar-refractivity contribution in [3.8, 4) is 0 Å². The summed E-state index contributed by atoms with van der Waals surface area (Å²) in [5.74, 6) is -0.697. The van der Waals surface area contributed by atoms with Gasteiger partial charge in [-0.05, 0) is 29.8 Å². The van der Waals surface area contributed by atoms with Crippen LogP contribution >= 0.6 is 11.6 Å². The lowest BCUT2D eigenvalue weighted by Gasteiger charge is -2.43. The Morgan fingerprint density at radius 2 is 1.73 bits per heavy atom. The third kappa shape index (κ3) is 2.51. The minimum atomic E-state index is -0.672. The van der Waals surface area contributed by atoms with E-state index in [4.69, 9.17) is 17.3 Å². The van der Waals surface area contributed by atoms with Crippen molar-refractivity contribution in [1.29, 1.82) is 0 Å². The molecular formula is C16H14ClN3O2. The number of carbonyl (C=O) groups excluding carboxylic acids is 2. The summed E-state index contributed by atoms with van der Waals surface area (Å²) in [6.07, 6.45) is 0. The third-order valence-corrected chi connectivity index (χ3v) is 3.99. The molecule has 22 heavy (non-hydrogen) atoms. The molecule has 3 rings (SSSR count). The van der Waals surface area contributed by atoms with Crippen molar-refractivity contribution in [1.82, 2.24) is 10.4 Å². The van der Waals surface area contributed by atoms with Gasteiger partial charge in [-0.2, -0.15) is 0 Å². The van der Waals surface area contributed by atoms with E-state index in [1.165, 1.54) is 5.01 Å². The number of benzene rings is 2. The number of hydrogen-bond acceptors (Lipinski definition) is 3. The van der Waals surface area contributed by atoms with E-state index in [0.717, 1.165) is 5.56 Å². The standard InChI is InChI=1S/C16H14ClN3O2/c17-13-14(10-4-2-1-3-5-10)20(16(13)22)19-15(21)11-6-8-12(18)9-7-11/h1-9,13-14H,18H2,(H,19,21)/t13-,14+/m0/s1. The average Bonchev–Trinajstić information content (AvgIpc) is 2.55. The van der Waals surface area contributed by atoms with Crippen LogP contribution in [0.3, 0.4) is 0 Å². The predicted octanol–water partition coefficient (Wildman–Crippen LogP) is 2.10. The molecule has 1 fully saturated rings. The second kappa shape index (κ2) is 5.69. The summed E-state index contributed by atoms with van der Waals surface area (Å²) >= 11 is 6.09. The Balaban J connectivity index is 1.77. The van der Waals surface area contributed by atoms with E-state index < -0.39 is 5.38 Å². The summed E-state index contributed by atoms with van der Waals surface area (Å²) in [4.78, 5) is 24.1. The summed E-state index contributed by atoms with van der Waals surface area (Å²) < 4.78 is 0. The number of nitrogens with one attached hydrogen (secondary N) is 1. The van der Waals surface area contributed by atoms with Gasteiger partial charge in [-0.3, -0.25) is 15.0 Å². The normalized spacial score (nSPS) is 20.4. The van der Waals surface area contributed by atoms with Crippen molar-refractivity contribution in [3.05, 3.63) is 65.7 Å². The van der Waals surface area contributed by atoms with Crippen LogP contribution < -0.4 is 11.2 Å². The molecule has 1 aliphatic rings. The molecule has 2 aromatic carbocycles. The van der Waals surface area contributed by atoms with E-state index in [2.05, 4.69) is 5.43 Å². The maximum atomic E-state index is 12.2. The quantitative estimate of drug-likeness (QED) is 0.517. The Morgan fingerprint density at radius 3 is 2.36 bits per heavy atom. The van der Waals surface area contributed by atoms with E-state index in [1.807, 2.05) is 30.3 Å². The number of alkyl halides is 1. The molecule has 2 amide bonds. The Hall–Kier alpha value is -2.53. The van der Waals surface area contributed by atoms with Crippen molar-refractivity contribution in [3.63, 3.8) is 0 Å². The highest BCUT2D eigenvalue weighted by atomic mass is 35.5. The van der Waals surface area contributed by atoms with E-state index in [9.17, 15) is 9.59 Å². The SMILES string of the molecule is Nc1ccc(C(=O)NN2C(=O)[C@@H](Cl)[C@H]2c2ccccc2)cc1. The number of nitrogen functional groups attached to an aromatic ring is 1. The molecule has 0 bridgehead atoms. The van der Waals surface area contributed by atoms with Crippen molar-refractivity contribution in [2.45, 2.75) is 11.4 Å². The molecule has 1 aliphatic heterocycles. The Labute approximate surface area is 132 Å². The summed E-state index contributed by atoms with van der Waals surface area (Å²) in [7, 11) is 0. The van der Waals surface area contributed by atoms with Crippen molar-refractivity contribution < 1.29 is 9.59 Å². The molecule has 3 N–H and O–H groups in total. The first kappa shape index (κ1) is 14.4. The van der Waals surface area contributed by atoms with Crippen LogP contribution in [0.2, 0.25) is 0 Å². The second-order valence-corrected chi connectivity index (χ2v) is 5.50. The lowest BCUT2D eigenvalue weighted by Crippen LogP contribution is -2.63. The number of hydrogen-bond donors (Lipinski definition) is 2. The van der Waals surface area contributed by atoms with Crippen LogP contribution in [0, 0.1) is 0 Å². The number of rotatable bonds is 3. The van der Waals surface area contributed by atoms with Crippen LogP contribution in [-0.4, -0.2) is 22.2 Å². The first-order valence-electron chi connectivity index (χ1n) is 6.76. The number of nitrogens with zero attached hydrogens (tertiary/aromatic N) is 1. The van der Waals surface area contributed by atoms with Crippen LogP contribution in [0.15, 0.2) is 54.6 Å². The zero-order valence-corrected chi connectivity index (χ0v) is 12.3. The highest BCUT2D eigenvalue weighted by Gasteiger charge is 2.48. The van der Waals surface area contributed by atoms with E-state index in [1.54, 1.807) is 24.3 Å². The molecule has 0 spiro atoms. The number of amides is 2. The van der Waals surface area contributed by atoms with Gasteiger partial charge >= 0.3 is 0 Å². The number of carbonyl (C=O) groups is 2. The summed E-state index contributed by atoms with van der Waals surface area (Å²) in [6.45, 7) is 0. The maximum Gasteiger partial charge on any atom is 0.269 e. The van der Waals surface area contributed by atoms with Gasteiger partial charge in [0.1, 0.15) is 11.4 Å². The first-order valence-corrected chi connectivity index (χ1v) is 7.20. The fraction of sp³-hybridized carbons (Fsp3) is 0.125. The minimum Gasteiger partial charge on any atom is -0.399 e. The van der Waals surface area contributed by atoms with Gasteiger partial charge in [-0.25, -0.2) is 5.01 Å². The van der Waals surface area contributed by atoms with Crippen LogP contribution in [0.1, 0.15) is 22.0 Å². The van der Waals surface area contributed by atoms with Crippen LogP contribution in [0.5, 0.6) is 0 Å². The monoisotopic (exact) mass is 315 g/mol. The molecule has 2 atom stereocenters. The molecule has 0 unspecified atom stereocenters. The van der Waals surface area contributed by atoms with Crippen molar-refractivity contribution in [2.24, 2.45) is 0 Å². The van der Waals surface area contributed by atoms with Crippen LogP contribution in [-0.2, 0) is 4.79 Å². The average molecular weight is 316 g/mol.